The first-order valence-electron chi connectivity index (χ1n) is 7.11. The molecule has 1 aromatic heterocycles. The maximum Gasteiger partial charge on any atom is 0.258 e. The Morgan fingerprint density at radius 2 is 1.70 bits per heavy atom. The van der Waals surface area contributed by atoms with E-state index in [-0.39, 0.29) is 16.9 Å². The minimum atomic E-state index is -0.607. The topological polar surface area (TPSA) is 82.2 Å². The van der Waals surface area contributed by atoms with Gasteiger partial charge in [0.1, 0.15) is 0 Å². The first-order valence-corrected chi connectivity index (χ1v) is 7.11. The number of carbonyl (C=O) groups excluding carboxylic acids is 2. The molecule has 1 aliphatic rings. The fraction of sp³-hybridized carbons (Fsp3) is 0.0556. The highest BCUT2D eigenvalue weighted by Crippen LogP contribution is 2.38. The fourth-order valence-corrected chi connectivity index (χ4v) is 3.24. The van der Waals surface area contributed by atoms with Gasteiger partial charge in [0.25, 0.3) is 5.56 Å². The molecule has 0 unspecified atom stereocenters. The molecular formula is C18H12N2O3. The lowest BCUT2D eigenvalue weighted by Gasteiger charge is -2.11. The average molecular weight is 304 g/mol. The number of ketones is 1. The van der Waals surface area contributed by atoms with Crippen molar-refractivity contribution in [2.45, 2.75) is 0 Å². The molecule has 2 aromatic carbocycles. The zero-order valence-corrected chi connectivity index (χ0v) is 12.3. The lowest BCUT2D eigenvalue weighted by atomic mass is 10.0. The van der Waals surface area contributed by atoms with Crippen LogP contribution in [-0.2, 0) is 7.05 Å². The van der Waals surface area contributed by atoms with Gasteiger partial charge < -0.3 is 10.3 Å². The molecule has 1 aliphatic carbocycles. The summed E-state index contributed by atoms with van der Waals surface area (Å²) in [7, 11) is 1.63. The molecule has 0 aliphatic heterocycles. The van der Waals surface area contributed by atoms with Crippen LogP contribution in [-0.4, -0.2) is 16.3 Å². The molecule has 4 rings (SSSR count). The molecule has 0 bridgehead atoms. The number of hydrogen-bond donors (Lipinski definition) is 1. The minimum absolute atomic E-state index is 0.108. The van der Waals surface area contributed by atoms with Gasteiger partial charge in [0.2, 0.25) is 5.91 Å². The van der Waals surface area contributed by atoms with E-state index in [1.807, 2.05) is 12.1 Å². The Bertz CT molecular complexity index is 1090. The van der Waals surface area contributed by atoms with E-state index in [9.17, 15) is 14.4 Å². The second-order valence-corrected chi connectivity index (χ2v) is 5.59. The molecule has 0 saturated heterocycles. The van der Waals surface area contributed by atoms with Crippen molar-refractivity contribution in [3.63, 3.8) is 0 Å². The van der Waals surface area contributed by atoms with E-state index < -0.39 is 5.91 Å². The molecule has 0 fully saturated rings. The molecule has 2 N–H and O–H groups in total. The van der Waals surface area contributed by atoms with Crippen molar-refractivity contribution in [2.75, 3.05) is 0 Å². The van der Waals surface area contributed by atoms with Gasteiger partial charge in [-0.25, -0.2) is 0 Å². The van der Waals surface area contributed by atoms with Crippen LogP contribution in [0.4, 0.5) is 0 Å². The van der Waals surface area contributed by atoms with E-state index in [4.69, 9.17) is 5.73 Å². The van der Waals surface area contributed by atoms with Crippen molar-refractivity contribution in [2.24, 2.45) is 12.8 Å². The summed E-state index contributed by atoms with van der Waals surface area (Å²) in [6, 6.07) is 11.9. The Morgan fingerprint density at radius 3 is 2.39 bits per heavy atom. The predicted molar refractivity (Wildman–Crippen MR) is 86.6 cm³/mol. The molecule has 5 nitrogen and oxygen atoms in total. The van der Waals surface area contributed by atoms with Gasteiger partial charge in [0.15, 0.2) is 5.78 Å². The Hall–Kier alpha value is -3.21. The van der Waals surface area contributed by atoms with Crippen LogP contribution in [0.1, 0.15) is 26.3 Å². The van der Waals surface area contributed by atoms with Gasteiger partial charge in [-0.05, 0) is 12.1 Å². The first-order chi connectivity index (χ1) is 11.0. The number of nitrogens with zero attached hydrogens (tertiary/aromatic N) is 1. The molecule has 23 heavy (non-hydrogen) atoms. The number of benzene rings is 2. The summed E-state index contributed by atoms with van der Waals surface area (Å²) in [6.45, 7) is 0. The number of fused-ring (bicyclic) bond motifs is 5. The zero-order valence-electron chi connectivity index (χ0n) is 12.3. The van der Waals surface area contributed by atoms with Crippen LogP contribution in [0.5, 0.6) is 0 Å². The number of aromatic nitrogens is 1. The Morgan fingerprint density at radius 1 is 1.00 bits per heavy atom. The highest BCUT2D eigenvalue weighted by atomic mass is 16.1. The van der Waals surface area contributed by atoms with Gasteiger partial charge in [0.05, 0.1) is 11.3 Å². The molecule has 1 heterocycles. The second-order valence-electron chi connectivity index (χ2n) is 5.59. The summed E-state index contributed by atoms with van der Waals surface area (Å²) < 4.78 is 1.46. The highest BCUT2D eigenvalue weighted by molar-refractivity contribution is 6.26. The maximum absolute atomic E-state index is 12.8. The van der Waals surface area contributed by atoms with Crippen molar-refractivity contribution < 1.29 is 9.59 Å². The number of primary amides is 1. The van der Waals surface area contributed by atoms with Gasteiger partial charge in [-0.3, -0.25) is 14.4 Å². The molecule has 0 radical (unpaired) electrons. The summed E-state index contributed by atoms with van der Waals surface area (Å²) in [4.78, 5) is 36.8. The largest absolute Gasteiger partial charge is 0.366 e. The lowest BCUT2D eigenvalue weighted by molar-refractivity contribution is 0.0999. The fourth-order valence-electron chi connectivity index (χ4n) is 3.24. The van der Waals surface area contributed by atoms with Crippen LogP contribution in [0.15, 0.2) is 47.3 Å². The number of nitrogens with two attached hydrogens (primary N) is 1. The molecule has 112 valence electrons. The van der Waals surface area contributed by atoms with Crippen LogP contribution >= 0.6 is 0 Å². The standard InChI is InChI=1S/C18H12N2O3/c1-20-15-11-4-2-3-5-12(11)16(21)14(15)10-7-6-9(17(19)22)8-13(10)18(20)23/h2-8H,1H3,(H2,19,22). The van der Waals surface area contributed by atoms with Crippen LogP contribution in [0.25, 0.3) is 22.0 Å². The van der Waals surface area contributed by atoms with E-state index in [1.54, 1.807) is 31.3 Å². The second kappa shape index (κ2) is 4.39. The van der Waals surface area contributed by atoms with Gasteiger partial charge in [-0.1, -0.05) is 30.3 Å². The Kier molecular flexibility index (Phi) is 2.57. The predicted octanol–water partition coefficient (Wildman–Crippen LogP) is 1.85. The van der Waals surface area contributed by atoms with Gasteiger partial charge in [-0.15, -0.1) is 0 Å². The van der Waals surface area contributed by atoms with Crippen molar-refractivity contribution in [1.82, 2.24) is 4.57 Å². The molecule has 3 aromatic rings. The van der Waals surface area contributed by atoms with Crippen LogP contribution in [0.2, 0.25) is 0 Å². The molecule has 1 amide bonds. The van der Waals surface area contributed by atoms with E-state index >= 15 is 0 Å². The van der Waals surface area contributed by atoms with Crippen LogP contribution in [0.3, 0.4) is 0 Å². The third-order valence-electron chi connectivity index (χ3n) is 4.33. The average Bonchev–Trinajstić information content (AvgIpc) is 2.86. The number of amides is 1. The third kappa shape index (κ3) is 1.64. The summed E-state index contributed by atoms with van der Waals surface area (Å²) in [6.07, 6.45) is 0. The summed E-state index contributed by atoms with van der Waals surface area (Å²) in [5.74, 6) is -0.716. The van der Waals surface area contributed by atoms with E-state index in [1.165, 1.54) is 10.6 Å². The molecule has 0 saturated carbocycles. The Labute approximate surface area is 131 Å². The van der Waals surface area contributed by atoms with Gasteiger partial charge in [0, 0.05) is 34.5 Å². The maximum atomic E-state index is 12.8. The van der Waals surface area contributed by atoms with Crippen molar-refractivity contribution >= 4 is 22.5 Å². The number of hydrogen-bond acceptors (Lipinski definition) is 3. The van der Waals surface area contributed by atoms with Gasteiger partial charge in [-0.2, -0.15) is 0 Å². The molecule has 0 spiro atoms. The SMILES string of the molecule is Cn1c2c(c3ccc(C(N)=O)cc3c1=O)C(=O)c1ccccc1-2. The normalized spacial score (nSPS) is 12.3. The smallest absolute Gasteiger partial charge is 0.258 e. The first kappa shape index (κ1) is 13.5. The zero-order chi connectivity index (χ0) is 16.3. The molecular weight excluding hydrogens is 292 g/mol. The summed E-state index contributed by atoms with van der Waals surface area (Å²) in [5, 5.41) is 0.873. The minimum Gasteiger partial charge on any atom is -0.366 e. The van der Waals surface area contributed by atoms with Crippen molar-refractivity contribution in [3.05, 3.63) is 69.5 Å². The number of pyridine rings is 1. The highest BCUT2D eigenvalue weighted by Gasteiger charge is 2.31. The summed E-state index contributed by atoms with van der Waals surface area (Å²) in [5.41, 5.74) is 7.74. The van der Waals surface area contributed by atoms with Crippen LogP contribution in [0, 0.1) is 0 Å². The van der Waals surface area contributed by atoms with E-state index in [2.05, 4.69) is 0 Å². The molecule has 0 atom stereocenters. The van der Waals surface area contributed by atoms with E-state index in [0.717, 1.165) is 5.56 Å². The Balaban J connectivity index is 2.20. The van der Waals surface area contributed by atoms with Gasteiger partial charge >= 0.3 is 0 Å². The van der Waals surface area contributed by atoms with Crippen molar-refractivity contribution in [3.8, 4) is 11.3 Å². The summed E-state index contributed by atoms with van der Waals surface area (Å²) >= 11 is 0. The lowest BCUT2D eigenvalue weighted by Crippen LogP contribution is -2.21. The van der Waals surface area contributed by atoms with Crippen LogP contribution < -0.4 is 11.3 Å². The molecule has 5 heteroatoms. The van der Waals surface area contributed by atoms with E-state index in [0.29, 0.717) is 27.6 Å². The van der Waals surface area contributed by atoms with Crippen molar-refractivity contribution in [1.29, 1.82) is 0 Å². The monoisotopic (exact) mass is 304 g/mol. The number of rotatable bonds is 1. The third-order valence-corrected chi connectivity index (χ3v) is 4.33. The quantitative estimate of drug-likeness (QED) is 0.582. The number of carbonyl (C=O) groups is 2.